The van der Waals surface area contributed by atoms with Gasteiger partial charge < -0.3 is 10.0 Å². The highest BCUT2D eigenvalue weighted by molar-refractivity contribution is 5.57. The Kier molecular flexibility index (Phi) is 3.84. The number of hydrogen-bond acceptors (Lipinski definition) is 4. The van der Waals surface area contributed by atoms with Gasteiger partial charge >= 0.3 is 0 Å². The zero-order valence-corrected chi connectivity index (χ0v) is 10.0. The summed E-state index contributed by atoms with van der Waals surface area (Å²) in [5.74, 6) is 0.106. The molecule has 4 nitrogen and oxygen atoms in total. The molecule has 94 valence electrons. The van der Waals surface area contributed by atoms with Gasteiger partial charge in [0.05, 0.1) is 12.3 Å². The number of aliphatic hydroxyl groups excluding tert-OH is 1. The van der Waals surface area contributed by atoms with Gasteiger partial charge in [0.25, 0.3) is 0 Å². The molecule has 0 aliphatic rings. The minimum atomic E-state index is -0.311. The fraction of sp³-hybridized carbons (Fsp3) is 0.231. The molecule has 0 aliphatic heterocycles. The van der Waals surface area contributed by atoms with Crippen molar-refractivity contribution >= 4 is 11.6 Å². The van der Waals surface area contributed by atoms with Crippen LogP contribution in [0, 0.1) is 5.82 Å². The van der Waals surface area contributed by atoms with Crippen LogP contribution >= 0.6 is 0 Å². The maximum absolute atomic E-state index is 13.7. The van der Waals surface area contributed by atoms with E-state index in [2.05, 4.69) is 9.97 Å². The van der Waals surface area contributed by atoms with Crippen molar-refractivity contribution in [1.82, 2.24) is 9.97 Å². The number of nitrogens with zero attached hydrogens (tertiary/aromatic N) is 3. The standard InChI is InChI=1S/C13H14FN3O/c1-2-17(12-6-4-3-5-11(12)14)13-15-7-10(9-18)8-16-13/h3-8,18H,2,9H2,1H3. The number of aliphatic hydroxyl groups is 1. The average molecular weight is 247 g/mol. The normalized spacial score (nSPS) is 10.4. The lowest BCUT2D eigenvalue weighted by molar-refractivity contribution is 0.281. The molecule has 0 atom stereocenters. The molecule has 5 heteroatoms. The van der Waals surface area contributed by atoms with Crippen molar-refractivity contribution in [3.05, 3.63) is 48.0 Å². The first-order valence-electron chi connectivity index (χ1n) is 5.70. The SMILES string of the molecule is CCN(c1ncc(CO)cn1)c1ccccc1F. The largest absolute Gasteiger partial charge is 0.392 e. The number of rotatable bonds is 4. The van der Waals surface area contributed by atoms with Gasteiger partial charge in [-0.3, -0.25) is 0 Å². The maximum Gasteiger partial charge on any atom is 0.229 e. The van der Waals surface area contributed by atoms with Crippen molar-refractivity contribution in [2.45, 2.75) is 13.5 Å². The van der Waals surface area contributed by atoms with Gasteiger partial charge in [0.2, 0.25) is 5.95 Å². The van der Waals surface area contributed by atoms with E-state index in [0.29, 0.717) is 23.7 Å². The van der Waals surface area contributed by atoms with Gasteiger partial charge in [0.15, 0.2) is 0 Å². The van der Waals surface area contributed by atoms with Gasteiger partial charge in [-0.05, 0) is 19.1 Å². The Morgan fingerprint density at radius 2 is 1.89 bits per heavy atom. The molecular weight excluding hydrogens is 233 g/mol. The number of aromatic nitrogens is 2. The zero-order valence-electron chi connectivity index (χ0n) is 10.0. The molecule has 0 bridgehead atoms. The van der Waals surface area contributed by atoms with Crippen LogP contribution in [0.4, 0.5) is 16.0 Å². The van der Waals surface area contributed by atoms with Crippen molar-refractivity contribution in [3.8, 4) is 0 Å². The second kappa shape index (κ2) is 5.55. The molecule has 18 heavy (non-hydrogen) atoms. The van der Waals surface area contributed by atoms with Crippen molar-refractivity contribution in [1.29, 1.82) is 0 Å². The predicted molar refractivity (Wildman–Crippen MR) is 67.0 cm³/mol. The van der Waals surface area contributed by atoms with Crippen LogP contribution < -0.4 is 4.90 Å². The molecule has 1 aromatic heterocycles. The zero-order chi connectivity index (χ0) is 13.0. The van der Waals surface area contributed by atoms with Crippen LogP contribution in [0.3, 0.4) is 0 Å². The number of para-hydroxylation sites is 1. The summed E-state index contributed by atoms with van der Waals surface area (Å²) in [5.41, 5.74) is 1.07. The molecule has 2 rings (SSSR count). The molecule has 1 heterocycles. The third-order valence-corrected chi connectivity index (χ3v) is 2.58. The third kappa shape index (κ3) is 2.46. The first-order valence-corrected chi connectivity index (χ1v) is 5.70. The summed E-state index contributed by atoms with van der Waals surface area (Å²) in [7, 11) is 0. The van der Waals surface area contributed by atoms with E-state index in [1.165, 1.54) is 18.5 Å². The first-order chi connectivity index (χ1) is 8.76. The Bertz CT molecular complexity index is 516. The second-order valence-electron chi connectivity index (χ2n) is 3.75. The molecule has 0 amide bonds. The molecular formula is C13H14FN3O. The highest BCUT2D eigenvalue weighted by Crippen LogP contribution is 2.24. The molecule has 0 aliphatic carbocycles. The Hall–Kier alpha value is -2.01. The van der Waals surface area contributed by atoms with Crippen molar-refractivity contribution < 1.29 is 9.50 Å². The van der Waals surface area contributed by atoms with Gasteiger partial charge in [-0.2, -0.15) is 0 Å². The van der Waals surface area contributed by atoms with E-state index in [1.54, 1.807) is 23.1 Å². The number of anilines is 2. The Balaban J connectivity index is 2.36. The third-order valence-electron chi connectivity index (χ3n) is 2.58. The molecule has 0 spiro atoms. The lowest BCUT2D eigenvalue weighted by Crippen LogP contribution is -2.20. The topological polar surface area (TPSA) is 49.2 Å². The van der Waals surface area contributed by atoms with Crippen LogP contribution in [-0.2, 0) is 6.61 Å². The molecule has 0 saturated heterocycles. The van der Waals surface area contributed by atoms with Gasteiger partial charge in [-0.1, -0.05) is 12.1 Å². The first kappa shape index (κ1) is 12.4. The van der Waals surface area contributed by atoms with E-state index in [0.717, 1.165) is 0 Å². The van der Waals surface area contributed by atoms with Gasteiger partial charge in [-0.15, -0.1) is 0 Å². The van der Waals surface area contributed by atoms with E-state index < -0.39 is 0 Å². The van der Waals surface area contributed by atoms with Gasteiger partial charge in [0.1, 0.15) is 5.82 Å². The van der Waals surface area contributed by atoms with Crippen molar-refractivity contribution in [3.63, 3.8) is 0 Å². The maximum atomic E-state index is 13.7. The van der Waals surface area contributed by atoms with E-state index >= 15 is 0 Å². The van der Waals surface area contributed by atoms with Gasteiger partial charge in [0, 0.05) is 24.5 Å². The van der Waals surface area contributed by atoms with Crippen LogP contribution in [0.15, 0.2) is 36.7 Å². The highest BCUT2D eigenvalue weighted by atomic mass is 19.1. The monoisotopic (exact) mass is 247 g/mol. The molecule has 0 saturated carbocycles. The minimum absolute atomic E-state index is 0.105. The predicted octanol–water partition coefficient (Wildman–Crippen LogP) is 2.27. The Morgan fingerprint density at radius 1 is 1.22 bits per heavy atom. The van der Waals surface area contributed by atoms with E-state index in [9.17, 15) is 4.39 Å². The Labute approximate surface area is 105 Å². The molecule has 0 unspecified atom stereocenters. The highest BCUT2D eigenvalue weighted by Gasteiger charge is 2.13. The van der Waals surface area contributed by atoms with Crippen molar-refractivity contribution in [2.75, 3.05) is 11.4 Å². The quantitative estimate of drug-likeness (QED) is 0.900. The minimum Gasteiger partial charge on any atom is -0.392 e. The molecule has 1 N–H and O–H groups in total. The van der Waals surface area contributed by atoms with E-state index in [1.807, 2.05) is 6.92 Å². The van der Waals surface area contributed by atoms with Crippen LogP contribution in [0.25, 0.3) is 0 Å². The summed E-state index contributed by atoms with van der Waals surface area (Å²) in [4.78, 5) is 9.93. The number of benzene rings is 1. The number of halogens is 1. The summed E-state index contributed by atoms with van der Waals surface area (Å²) >= 11 is 0. The summed E-state index contributed by atoms with van der Waals surface area (Å²) in [5, 5.41) is 8.93. The molecule has 0 fully saturated rings. The molecule has 1 aromatic carbocycles. The summed E-state index contributed by atoms with van der Waals surface area (Å²) in [6, 6.07) is 6.49. The van der Waals surface area contributed by atoms with Crippen LogP contribution in [0.2, 0.25) is 0 Å². The lowest BCUT2D eigenvalue weighted by Gasteiger charge is -2.21. The van der Waals surface area contributed by atoms with E-state index in [-0.39, 0.29) is 12.4 Å². The van der Waals surface area contributed by atoms with Crippen molar-refractivity contribution in [2.24, 2.45) is 0 Å². The lowest BCUT2D eigenvalue weighted by atomic mass is 10.3. The Morgan fingerprint density at radius 3 is 2.44 bits per heavy atom. The van der Waals surface area contributed by atoms with Gasteiger partial charge in [-0.25, -0.2) is 14.4 Å². The summed E-state index contributed by atoms with van der Waals surface area (Å²) in [6.45, 7) is 2.35. The molecule has 0 radical (unpaired) electrons. The fourth-order valence-electron chi connectivity index (χ4n) is 1.66. The average Bonchev–Trinajstić information content (AvgIpc) is 2.42. The van der Waals surface area contributed by atoms with Crippen LogP contribution in [-0.4, -0.2) is 21.6 Å². The number of hydrogen-bond donors (Lipinski definition) is 1. The second-order valence-corrected chi connectivity index (χ2v) is 3.75. The van der Waals surface area contributed by atoms with Crippen LogP contribution in [0.1, 0.15) is 12.5 Å². The summed E-state index contributed by atoms with van der Waals surface area (Å²) < 4.78 is 13.7. The fourth-order valence-corrected chi connectivity index (χ4v) is 1.66. The van der Waals surface area contributed by atoms with Crippen LogP contribution in [0.5, 0.6) is 0 Å². The smallest absolute Gasteiger partial charge is 0.229 e. The summed E-state index contributed by atoms with van der Waals surface area (Å²) in [6.07, 6.45) is 3.07. The van der Waals surface area contributed by atoms with E-state index in [4.69, 9.17) is 5.11 Å². The molecule has 2 aromatic rings.